The first kappa shape index (κ1) is 17.7. The molecule has 3 N–H and O–H groups in total. The number of imidazole rings is 1. The van der Waals surface area contributed by atoms with Crippen molar-refractivity contribution in [2.75, 3.05) is 5.73 Å². The van der Waals surface area contributed by atoms with Crippen LogP contribution in [0.5, 0.6) is 6.01 Å². The van der Waals surface area contributed by atoms with E-state index in [1.54, 1.807) is 18.5 Å². The zero-order valence-electron chi connectivity index (χ0n) is 14.6. The number of nitrogens with zero attached hydrogens (tertiary/aromatic N) is 3. The summed E-state index contributed by atoms with van der Waals surface area (Å²) in [5.41, 5.74) is 7.25. The molecule has 2 aromatic heterocycles. The highest BCUT2D eigenvalue weighted by Crippen LogP contribution is 2.33. The molecule has 0 bridgehead atoms. The Morgan fingerprint density at radius 3 is 2.59 bits per heavy atom. The summed E-state index contributed by atoms with van der Waals surface area (Å²) in [7, 11) is 0. The number of nitrogen functional groups attached to an aromatic ring is 1. The monoisotopic (exact) mass is 387 g/mol. The molecule has 3 aromatic rings. The predicted octanol–water partition coefficient (Wildman–Crippen LogP) is 4.62. The third kappa shape index (κ3) is 3.73. The molecular weight excluding hydrogens is 369 g/mol. The van der Waals surface area contributed by atoms with Gasteiger partial charge in [-0.15, -0.1) is 0 Å². The fourth-order valence-electron chi connectivity index (χ4n) is 3.28. The quantitative estimate of drug-likeness (QED) is 0.681. The highest BCUT2D eigenvalue weighted by molar-refractivity contribution is 6.33. The predicted molar refractivity (Wildman–Crippen MR) is 102 cm³/mol. The largest absolute Gasteiger partial charge is 0.460 e. The number of nitrogens with one attached hydrogen (secondary N) is 1. The SMILES string of the molecule is Nc1[nH]c(-c2c(F)cccc2Cl)nc1-c1cnc(OC2CCCCC2)nc1. The first-order chi connectivity index (χ1) is 13.1. The maximum Gasteiger partial charge on any atom is 0.316 e. The van der Waals surface area contributed by atoms with Crippen molar-refractivity contribution < 1.29 is 9.13 Å². The molecule has 1 aliphatic rings. The zero-order valence-corrected chi connectivity index (χ0v) is 15.3. The lowest BCUT2D eigenvalue weighted by Crippen LogP contribution is -2.20. The zero-order chi connectivity index (χ0) is 18.8. The van der Waals surface area contributed by atoms with Gasteiger partial charge in [0.05, 0.1) is 10.6 Å². The Bertz CT molecular complexity index is 918. The molecule has 1 aromatic carbocycles. The van der Waals surface area contributed by atoms with Crippen LogP contribution in [-0.4, -0.2) is 26.0 Å². The molecule has 0 saturated heterocycles. The number of ether oxygens (including phenoxy) is 1. The van der Waals surface area contributed by atoms with Crippen molar-refractivity contribution in [1.29, 1.82) is 0 Å². The minimum absolute atomic E-state index is 0.176. The van der Waals surface area contributed by atoms with Gasteiger partial charge in [-0.2, -0.15) is 0 Å². The molecule has 0 atom stereocenters. The van der Waals surface area contributed by atoms with Crippen LogP contribution in [0.3, 0.4) is 0 Å². The van der Waals surface area contributed by atoms with Crippen molar-refractivity contribution >= 4 is 17.4 Å². The molecule has 140 valence electrons. The second kappa shape index (κ2) is 7.52. The van der Waals surface area contributed by atoms with E-state index in [0.717, 1.165) is 12.8 Å². The fraction of sp³-hybridized carbons (Fsp3) is 0.316. The Kier molecular flexibility index (Phi) is 4.94. The second-order valence-electron chi connectivity index (χ2n) is 6.58. The van der Waals surface area contributed by atoms with Crippen LogP contribution in [0.15, 0.2) is 30.6 Å². The molecule has 0 amide bonds. The van der Waals surface area contributed by atoms with Gasteiger partial charge >= 0.3 is 6.01 Å². The van der Waals surface area contributed by atoms with E-state index in [4.69, 9.17) is 22.1 Å². The number of H-pyrrole nitrogens is 1. The molecular formula is C19H19ClFN5O. The molecule has 4 rings (SSSR count). The number of hydrogen-bond donors (Lipinski definition) is 2. The molecule has 1 fully saturated rings. The standard InChI is InChI=1S/C19H19ClFN5O/c20-13-7-4-8-14(21)15(13)18-25-16(17(22)26-18)11-9-23-19(24-10-11)27-12-5-2-1-3-6-12/h4,7-10,12H,1-3,5-6,22H2,(H,25,26). The smallest absolute Gasteiger partial charge is 0.316 e. The average molecular weight is 388 g/mol. The van der Waals surface area contributed by atoms with E-state index in [1.807, 2.05) is 0 Å². The third-order valence-corrected chi connectivity index (χ3v) is 4.97. The number of hydrogen-bond acceptors (Lipinski definition) is 5. The number of rotatable bonds is 4. The maximum atomic E-state index is 14.1. The third-order valence-electron chi connectivity index (χ3n) is 4.66. The maximum absolute atomic E-state index is 14.1. The van der Waals surface area contributed by atoms with E-state index < -0.39 is 5.82 Å². The first-order valence-corrected chi connectivity index (χ1v) is 9.28. The molecule has 0 radical (unpaired) electrons. The Morgan fingerprint density at radius 1 is 1.15 bits per heavy atom. The van der Waals surface area contributed by atoms with Gasteiger partial charge in [-0.25, -0.2) is 19.3 Å². The summed E-state index contributed by atoms with van der Waals surface area (Å²) in [6.45, 7) is 0. The van der Waals surface area contributed by atoms with E-state index in [0.29, 0.717) is 17.3 Å². The van der Waals surface area contributed by atoms with E-state index >= 15 is 0 Å². The lowest BCUT2D eigenvalue weighted by molar-refractivity contribution is 0.142. The minimum atomic E-state index is -0.477. The van der Waals surface area contributed by atoms with Crippen LogP contribution < -0.4 is 10.5 Å². The summed E-state index contributed by atoms with van der Waals surface area (Å²) in [5, 5.41) is 0.253. The van der Waals surface area contributed by atoms with Crippen molar-refractivity contribution in [2.24, 2.45) is 0 Å². The molecule has 0 aliphatic heterocycles. The number of aromatic amines is 1. The van der Waals surface area contributed by atoms with Gasteiger partial charge in [0.1, 0.15) is 29.3 Å². The van der Waals surface area contributed by atoms with Gasteiger partial charge in [-0.05, 0) is 37.8 Å². The Morgan fingerprint density at radius 2 is 1.89 bits per heavy atom. The van der Waals surface area contributed by atoms with Gasteiger partial charge in [0.25, 0.3) is 0 Å². The van der Waals surface area contributed by atoms with Crippen LogP contribution >= 0.6 is 11.6 Å². The van der Waals surface area contributed by atoms with Crippen molar-refractivity contribution in [1.82, 2.24) is 19.9 Å². The molecule has 1 aliphatic carbocycles. The lowest BCUT2D eigenvalue weighted by atomic mass is 9.98. The molecule has 0 unspecified atom stereocenters. The van der Waals surface area contributed by atoms with Gasteiger partial charge in [0, 0.05) is 18.0 Å². The molecule has 6 nitrogen and oxygen atoms in total. The summed E-state index contributed by atoms with van der Waals surface area (Å²) >= 11 is 6.10. The number of nitrogens with two attached hydrogens (primary N) is 1. The lowest BCUT2D eigenvalue weighted by Gasteiger charge is -2.21. The molecule has 8 heteroatoms. The van der Waals surface area contributed by atoms with Crippen molar-refractivity contribution in [3.05, 3.63) is 41.4 Å². The Balaban J connectivity index is 1.58. The normalized spacial score (nSPS) is 15.0. The molecule has 1 saturated carbocycles. The Hall–Kier alpha value is -2.67. The summed E-state index contributed by atoms with van der Waals surface area (Å²) in [4.78, 5) is 15.8. The summed E-state index contributed by atoms with van der Waals surface area (Å²) < 4.78 is 20.0. The Labute approximate surface area is 161 Å². The van der Waals surface area contributed by atoms with Gasteiger partial charge in [-0.3, -0.25) is 0 Å². The van der Waals surface area contributed by atoms with Crippen LogP contribution in [-0.2, 0) is 0 Å². The summed E-state index contributed by atoms with van der Waals surface area (Å²) in [5.74, 6) is 0.0669. The summed E-state index contributed by atoms with van der Waals surface area (Å²) in [6, 6.07) is 4.80. The van der Waals surface area contributed by atoms with Crippen LogP contribution in [0.4, 0.5) is 10.2 Å². The van der Waals surface area contributed by atoms with Crippen molar-refractivity contribution in [3.63, 3.8) is 0 Å². The van der Waals surface area contributed by atoms with Gasteiger partial charge in [-0.1, -0.05) is 24.1 Å². The van der Waals surface area contributed by atoms with E-state index in [-0.39, 0.29) is 28.3 Å². The molecule has 27 heavy (non-hydrogen) atoms. The number of benzene rings is 1. The van der Waals surface area contributed by atoms with E-state index in [9.17, 15) is 4.39 Å². The minimum Gasteiger partial charge on any atom is -0.460 e. The van der Waals surface area contributed by atoms with Crippen LogP contribution in [0.25, 0.3) is 22.6 Å². The van der Waals surface area contributed by atoms with Crippen molar-refractivity contribution in [2.45, 2.75) is 38.2 Å². The van der Waals surface area contributed by atoms with Crippen LogP contribution in [0.2, 0.25) is 5.02 Å². The number of halogens is 2. The summed E-state index contributed by atoms with van der Waals surface area (Å²) in [6.07, 6.45) is 9.05. The molecule has 2 heterocycles. The number of aromatic nitrogens is 4. The highest BCUT2D eigenvalue weighted by Gasteiger charge is 2.19. The fourth-order valence-corrected chi connectivity index (χ4v) is 3.53. The van der Waals surface area contributed by atoms with E-state index in [2.05, 4.69) is 19.9 Å². The topological polar surface area (TPSA) is 89.7 Å². The van der Waals surface area contributed by atoms with Gasteiger partial charge in [0.2, 0.25) is 0 Å². The average Bonchev–Trinajstić information content (AvgIpc) is 3.04. The van der Waals surface area contributed by atoms with Gasteiger partial charge < -0.3 is 15.5 Å². The van der Waals surface area contributed by atoms with Crippen LogP contribution in [0.1, 0.15) is 32.1 Å². The number of anilines is 1. The first-order valence-electron chi connectivity index (χ1n) is 8.91. The highest BCUT2D eigenvalue weighted by atomic mass is 35.5. The molecule has 0 spiro atoms. The van der Waals surface area contributed by atoms with Gasteiger partial charge in [0.15, 0.2) is 0 Å². The van der Waals surface area contributed by atoms with Crippen LogP contribution in [0, 0.1) is 5.82 Å². The second-order valence-corrected chi connectivity index (χ2v) is 6.98. The van der Waals surface area contributed by atoms with Crippen molar-refractivity contribution in [3.8, 4) is 28.7 Å². The van der Waals surface area contributed by atoms with E-state index in [1.165, 1.54) is 31.4 Å².